The summed E-state index contributed by atoms with van der Waals surface area (Å²) in [7, 11) is 6.70. The van der Waals surface area contributed by atoms with Crippen molar-refractivity contribution in [1.29, 1.82) is 0 Å². The van der Waals surface area contributed by atoms with E-state index in [1.807, 2.05) is 0 Å². The summed E-state index contributed by atoms with van der Waals surface area (Å²) in [5.41, 5.74) is 3.92. The minimum atomic E-state index is 0.993. The van der Waals surface area contributed by atoms with Gasteiger partial charge in [-0.05, 0) is 16.7 Å². The number of quaternary nitrogens is 1. The molecule has 0 bridgehead atoms. The topological polar surface area (TPSA) is 0 Å². The van der Waals surface area contributed by atoms with Crippen molar-refractivity contribution in [3.8, 4) is 0 Å². The van der Waals surface area contributed by atoms with Crippen molar-refractivity contribution in [3.05, 3.63) is 77.9 Å². The van der Waals surface area contributed by atoms with Gasteiger partial charge in [0.25, 0.3) is 0 Å². The molecular weight excluding hydrogens is 242 g/mol. The maximum Gasteiger partial charge on any atom is 0.0815 e. The third-order valence-electron chi connectivity index (χ3n) is 3.32. The summed E-state index contributed by atoms with van der Waals surface area (Å²) < 4.78 is 0.993. The zero-order valence-corrected chi connectivity index (χ0v) is 12.7. The maximum absolute atomic E-state index is 2.37. The molecule has 0 saturated heterocycles. The van der Waals surface area contributed by atoms with Gasteiger partial charge in [0.15, 0.2) is 0 Å². The van der Waals surface area contributed by atoms with Gasteiger partial charge in [0.05, 0.1) is 27.7 Å². The molecule has 2 aromatic carbocycles. The second-order valence-corrected chi connectivity index (χ2v) is 6.15. The number of rotatable bonds is 5. The summed E-state index contributed by atoms with van der Waals surface area (Å²) in [6.45, 7) is 1.14. The van der Waals surface area contributed by atoms with Gasteiger partial charge in [0, 0.05) is 6.42 Å². The number of hydrogen-bond acceptors (Lipinski definition) is 0. The van der Waals surface area contributed by atoms with E-state index in [2.05, 4.69) is 87.9 Å². The van der Waals surface area contributed by atoms with Crippen LogP contribution in [0.4, 0.5) is 0 Å². The third-order valence-corrected chi connectivity index (χ3v) is 3.32. The Morgan fingerprint density at radius 3 is 1.65 bits per heavy atom. The molecule has 0 fully saturated rings. The van der Waals surface area contributed by atoms with Crippen LogP contribution >= 0.6 is 0 Å². The highest BCUT2D eigenvalue weighted by Gasteiger charge is 2.07. The largest absolute Gasteiger partial charge is 0.331 e. The second-order valence-electron chi connectivity index (χ2n) is 6.15. The molecule has 0 heterocycles. The lowest BCUT2D eigenvalue weighted by atomic mass is 9.97. The van der Waals surface area contributed by atoms with Crippen LogP contribution in [0.1, 0.15) is 17.5 Å². The van der Waals surface area contributed by atoms with E-state index in [4.69, 9.17) is 0 Å². The van der Waals surface area contributed by atoms with Crippen LogP contribution in [0.15, 0.2) is 66.7 Å². The highest BCUT2D eigenvalue weighted by atomic mass is 15.3. The number of benzene rings is 2. The lowest BCUT2D eigenvalue weighted by molar-refractivity contribution is -0.869. The van der Waals surface area contributed by atoms with Crippen LogP contribution in [-0.2, 0) is 0 Å². The summed E-state index contributed by atoms with van der Waals surface area (Å²) >= 11 is 0. The fourth-order valence-corrected chi connectivity index (χ4v) is 2.23. The van der Waals surface area contributed by atoms with Crippen molar-refractivity contribution in [2.24, 2.45) is 0 Å². The van der Waals surface area contributed by atoms with Crippen LogP contribution in [0.25, 0.3) is 5.57 Å². The molecule has 20 heavy (non-hydrogen) atoms. The molecule has 0 N–H and O–H groups in total. The first-order valence-corrected chi connectivity index (χ1v) is 7.18. The Balaban J connectivity index is 2.28. The molecule has 0 aliphatic rings. The summed E-state index contributed by atoms with van der Waals surface area (Å²) in [5, 5.41) is 0. The standard InChI is InChI=1S/C19H24N/c1-20(2,3)16-10-15-19(17-11-6-4-7-12-17)18-13-8-5-9-14-18/h4-9,11-15H,10,16H2,1-3H3/q+1. The Morgan fingerprint density at radius 1 is 0.800 bits per heavy atom. The van der Waals surface area contributed by atoms with Crippen LogP contribution in [0.3, 0.4) is 0 Å². The molecule has 0 radical (unpaired) electrons. The quantitative estimate of drug-likeness (QED) is 0.711. The fraction of sp³-hybridized carbons (Fsp3) is 0.263. The minimum absolute atomic E-state index is 0.993. The SMILES string of the molecule is C[N+](C)(C)CCC=C(c1ccccc1)c1ccccc1. The van der Waals surface area contributed by atoms with Crippen LogP contribution in [0, 0.1) is 0 Å². The van der Waals surface area contributed by atoms with Gasteiger partial charge >= 0.3 is 0 Å². The Hall–Kier alpha value is -1.86. The van der Waals surface area contributed by atoms with Crippen LogP contribution in [0.5, 0.6) is 0 Å². The molecule has 1 nitrogen and oxygen atoms in total. The Kier molecular flexibility index (Phi) is 4.75. The predicted molar refractivity (Wildman–Crippen MR) is 87.5 cm³/mol. The maximum atomic E-state index is 2.37. The average molecular weight is 266 g/mol. The van der Waals surface area contributed by atoms with Crippen molar-refractivity contribution in [3.63, 3.8) is 0 Å². The average Bonchev–Trinajstić information content (AvgIpc) is 2.44. The van der Waals surface area contributed by atoms with E-state index in [1.54, 1.807) is 0 Å². The summed E-state index contributed by atoms with van der Waals surface area (Å²) in [5.74, 6) is 0. The molecule has 0 unspecified atom stereocenters. The second kappa shape index (κ2) is 6.53. The minimum Gasteiger partial charge on any atom is -0.331 e. The molecule has 0 aromatic heterocycles. The monoisotopic (exact) mass is 266 g/mol. The first-order valence-electron chi connectivity index (χ1n) is 7.18. The molecular formula is C19H24N+. The van der Waals surface area contributed by atoms with Crippen molar-refractivity contribution in [2.45, 2.75) is 6.42 Å². The summed E-state index contributed by atoms with van der Waals surface area (Å²) in [4.78, 5) is 0. The molecule has 0 aliphatic heterocycles. The van der Waals surface area contributed by atoms with Crippen LogP contribution < -0.4 is 0 Å². The highest BCUT2D eigenvalue weighted by Crippen LogP contribution is 2.23. The van der Waals surface area contributed by atoms with Gasteiger partial charge in [-0.25, -0.2) is 0 Å². The van der Waals surface area contributed by atoms with E-state index in [-0.39, 0.29) is 0 Å². The van der Waals surface area contributed by atoms with Gasteiger partial charge < -0.3 is 4.48 Å². The molecule has 104 valence electrons. The molecule has 1 heteroatoms. The predicted octanol–water partition coefficient (Wildman–Crippen LogP) is 4.21. The summed E-state index contributed by atoms with van der Waals surface area (Å²) in [6.07, 6.45) is 3.46. The molecule has 2 rings (SSSR count). The molecule has 0 spiro atoms. The van der Waals surface area contributed by atoms with Crippen LogP contribution in [-0.4, -0.2) is 32.2 Å². The lowest BCUT2D eigenvalue weighted by Gasteiger charge is -2.23. The van der Waals surface area contributed by atoms with Crippen LogP contribution in [0.2, 0.25) is 0 Å². The van der Waals surface area contributed by atoms with E-state index in [1.165, 1.54) is 16.7 Å². The van der Waals surface area contributed by atoms with E-state index in [0.29, 0.717) is 0 Å². The molecule has 0 saturated carbocycles. The Bertz CT molecular complexity index is 506. The lowest BCUT2D eigenvalue weighted by Crippen LogP contribution is -2.34. The van der Waals surface area contributed by atoms with Crippen molar-refractivity contribution < 1.29 is 4.48 Å². The third kappa shape index (κ3) is 4.36. The number of hydrogen-bond donors (Lipinski definition) is 0. The van der Waals surface area contributed by atoms with Gasteiger partial charge in [-0.1, -0.05) is 66.7 Å². The van der Waals surface area contributed by atoms with Gasteiger partial charge in [-0.3, -0.25) is 0 Å². The van der Waals surface area contributed by atoms with Gasteiger partial charge in [0.1, 0.15) is 0 Å². The van der Waals surface area contributed by atoms with Crippen molar-refractivity contribution >= 4 is 5.57 Å². The highest BCUT2D eigenvalue weighted by molar-refractivity contribution is 5.79. The zero-order valence-electron chi connectivity index (χ0n) is 12.7. The van der Waals surface area contributed by atoms with E-state index in [0.717, 1.165) is 17.4 Å². The van der Waals surface area contributed by atoms with E-state index in [9.17, 15) is 0 Å². The van der Waals surface area contributed by atoms with Crippen molar-refractivity contribution in [2.75, 3.05) is 27.7 Å². The Morgan fingerprint density at radius 2 is 1.25 bits per heavy atom. The van der Waals surface area contributed by atoms with Crippen molar-refractivity contribution in [1.82, 2.24) is 0 Å². The van der Waals surface area contributed by atoms with E-state index >= 15 is 0 Å². The molecule has 0 amide bonds. The summed E-state index contributed by atoms with van der Waals surface area (Å²) in [6, 6.07) is 21.3. The fourth-order valence-electron chi connectivity index (χ4n) is 2.23. The van der Waals surface area contributed by atoms with E-state index < -0.39 is 0 Å². The molecule has 0 aliphatic carbocycles. The zero-order chi connectivity index (χ0) is 14.4. The smallest absolute Gasteiger partial charge is 0.0815 e. The van der Waals surface area contributed by atoms with Gasteiger partial charge in [-0.2, -0.15) is 0 Å². The number of nitrogens with zero attached hydrogens (tertiary/aromatic N) is 1. The van der Waals surface area contributed by atoms with Gasteiger partial charge in [0.2, 0.25) is 0 Å². The Labute approximate surface area is 122 Å². The molecule has 0 atom stereocenters. The first-order chi connectivity index (χ1) is 9.56. The normalized spacial score (nSPS) is 11.2. The first kappa shape index (κ1) is 14.5. The molecule has 2 aromatic rings. The van der Waals surface area contributed by atoms with Gasteiger partial charge in [-0.15, -0.1) is 0 Å².